The number of amides is 1. The van der Waals surface area contributed by atoms with Gasteiger partial charge in [0.05, 0.1) is 6.42 Å². The van der Waals surface area contributed by atoms with Gasteiger partial charge in [0, 0.05) is 41.3 Å². The molecule has 1 amide bonds. The number of carbonyl (C=O) groups excluding carboxylic acids is 1. The lowest BCUT2D eigenvalue weighted by atomic mass is 9.93. The van der Waals surface area contributed by atoms with Crippen molar-refractivity contribution in [3.05, 3.63) is 105 Å². The van der Waals surface area contributed by atoms with Crippen molar-refractivity contribution in [2.75, 3.05) is 13.1 Å². The predicted molar refractivity (Wildman–Crippen MR) is 139 cm³/mol. The number of carboxylic acids is 1. The van der Waals surface area contributed by atoms with Crippen LogP contribution in [-0.4, -0.2) is 35.0 Å². The van der Waals surface area contributed by atoms with Crippen molar-refractivity contribution in [1.29, 1.82) is 0 Å². The molecule has 0 aromatic heterocycles. The van der Waals surface area contributed by atoms with Crippen LogP contribution in [-0.2, 0) is 11.3 Å². The largest absolute Gasteiger partial charge is 0.481 e. The van der Waals surface area contributed by atoms with Gasteiger partial charge in [-0.15, -0.1) is 0 Å². The molecule has 3 aromatic rings. The third kappa shape index (κ3) is 6.63. The first kappa shape index (κ1) is 25.2. The van der Waals surface area contributed by atoms with E-state index in [1.54, 1.807) is 18.2 Å². The van der Waals surface area contributed by atoms with E-state index in [1.807, 2.05) is 24.3 Å². The standard InChI is InChI=1S/C28H28Cl2N2O3/c1-18-2-6-20(7-3-18)26-14-23(22-12-24(29)15-25(30)13-22)17-32(26)16-19-4-8-21(9-5-19)28(35)31-11-10-27(33)34/h2-9,12-13,15,23,26H,10-11,14,16-17H2,1H3,(H,31,35)(H,33,34)/t23-,26-/m1/s1. The van der Waals surface area contributed by atoms with Gasteiger partial charge < -0.3 is 10.4 Å². The SMILES string of the molecule is Cc1ccc([C@H]2C[C@@H](c3cc(Cl)cc(Cl)c3)CN2Cc2ccc(C(=O)NCCC(=O)O)cc2)cc1. The summed E-state index contributed by atoms with van der Waals surface area (Å²) in [7, 11) is 0. The molecule has 7 heteroatoms. The normalized spacial score (nSPS) is 17.9. The Balaban J connectivity index is 1.51. The average Bonchev–Trinajstić information content (AvgIpc) is 3.23. The van der Waals surface area contributed by atoms with Crippen molar-refractivity contribution in [1.82, 2.24) is 10.2 Å². The van der Waals surface area contributed by atoms with E-state index in [4.69, 9.17) is 28.3 Å². The van der Waals surface area contributed by atoms with Gasteiger partial charge in [0.2, 0.25) is 0 Å². The fourth-order valence-corrected chi connectivity index (χ4v) is 5.19. The van der Waals surface area contributed by atoms with Crippen molar-refractivity contribution in [3.8, 4) is 0 Å². The van der Waals surface area contributed by atoms with Crippen molar-refractivity contribution in [3.63, 3.8) is 0 Å². The molecule has 1 heterocycles. The van der Waals surface area contributed by atoms with Crippen LogP contribution in [0.2, 0.25) is 10.0 Å². The minimum atomic E-state index is -0.937. The zero-order chi connectivity index (χ0) is 24.9. The summed E-state index contributed by atoms with van der Waals surface area (Å²) >= 11 is 12.6. The lowest BCUT2D eigenvalue weighted by molar-refractivity contribution is -0.136. The van der Waals surface area contributed by atoms with Crippen LogP contribution in [0.5, 0.6) is 0 Å². The third-order valence-electron chi connectivity index (χ3n) is 6.45. The number of aliphatic carboxylic acids is 1. The predicted octanol–water partition coefficient (Wildman–Crippen LogP) is 6.24. The molecule has 1 aliphatic rings. The molecule has 0 spiro atoms. The van der Waals surface area contributed by atoms with Gasteiger partial charge >= 0.3 is 5.97 Å². The van der Waals surface area contributed by atoms with E-state index in [1.165, 1.54) is 11.1 Å². The molecule has 0 bridgehead atoms. The number of carboxylic acid groups (broad SMARTS) is 1. The Morgan fingerprint density at radius 1 is 0.971 bits per heavy atom. The fourth-order valence-electron chi connectivity index (χ4n) is 4.65. The van der Waals surface area contributed by atoms with Gasteiger partial charge in [-0.1, -0.05) is 65.2 Å². The second-order valence-electron chi connectivity index (χ2n) is 9.09. The van der Waals surface area contributed by atoms with Crippen LogP contribution in [0, 0.1) is 6.92 Å². The van der Waals surface area contributed by atoms with Crippen LogP contribution in [0.4, 0.5) is 0 Å². The van der Waals surface area contributed by atoms with Gasteiger partial charge in [-0.05, 0) is 66.3 Å². The van der Waals surface area contributed by atoms with Gasteiger partial charge in [-0.2, -0.15) is 0 Å². The summed E-state index contributed by atoms with van der Waals surface area (Å²) in [5, 5.41) is 12.7. The zero-order valence-electron chi connectivity index (χ0n) is 19.5. The Kier molecular flexibility index (Phi) is 8.11. The van der Waals surface area contributed by atoms with E-state index in [9.17, 15) is 9.59 Å². The van der Waals surface area contributed by atoms with Gasteiger partial charge in [-0.3, -0.25) is 14.5 Å². The molecule has 4 rings (SSSR count). The minimum absolute atomic E-state index is 0.0990. The lowest BCUT2D eigenvalue weighted by Crippen LogP contribution is -2.26. The molecule has 1 aliphatic heterocycles. The van der Waals surface area contributed by atoms with Crippen molar-refractivity contribution >= 4 is 35.1 Å². The Labute approximate surface area is 215 Å². The highest BCUT2D eigenvalue weighted by molar-refractivity contribution is 6.34. The van der Waals surface area contributed by atoms with Crippen LogP contribution in [0.3, 0.4) is 0 Å². The topological polar surface area (TPSA) is 69.6 Å². The second kappa shape index (κ2) is 11.3. The maximum absolute atomic E-state index is 12.3. The van der Waals surface area contributed by atoms with E-state index < -0.39 is 5.97 Å². The van der Waals surface area contributed by atoms with Crippen LogP contribution in [0.15, 0.2) is 66.7 Å². The number of likely N-dealkylation sites (tertiary alicyclic amines) is 1. The van der Waals surface area contributed by atoms with Gasteiger partial charge in [-0.25, -0.2) is 0 Å². The molecule has 2 N–H and O–H groups in total. The summed E-state index contributed by atoms with van der Waals surface area (Å²) in [6, 6.07) is 22.2. The van der Waals surface area contributed by atoms with Crippen molar-refractivity contribution in [2.45, 2.75) is 38.3 Å². The van der Waals surface area contributed by atoms with E-state index in [0.29, 0.717) is 21.5 Å². The van der Waals surface area contributed by atoms with Crippen LogP contribution in [0.1, 0.15) is 57.4 Å². The maximum Gasteiger partial charge on any atom is 0.305 e. The Morgan fingerprint density at radius 3 is 2.26 bits per heavy atom. The summed E-state index contributed by atoms with van der Waals surface area (Å²) < 4.78 is 0. The van der Waals surface area contributed by atoms with Gasteiger partial charge in [0.25, 0.3) is 5.91 Å². The number of nitrogens with zero attached hydrogens (tertiary/aromatic N) is 1. The van der Waals surface area contributed by atoms with Gasteiger partial charge in [0.15, 0.2) is 0 Å². The molecule has 0 saturated carbocycles. The molecule has 3 aromatic carbocycles. The smallest absolute Gasteiger partial charge is 0.305 e. The molecule has 0 aliphatic carbocycles. The number of halogens is 2. The first-order valence-corrected chi connectivity index (χ1v) is 12.4. The number of aryl methyl sites for hydroxylation is 1. The molecule has 2 atom stereocenters. The summed E-state index contributed by atoms with van der Waals surface area (Å²) in [6.45, 7) is 3.81. The summed E-state index contributed by atoms with van der Waals surface area (Å²) in [4.78, 5) is 25.4. The molecular formula is C28H28Cl2N2O3. The van der Waals surface area contributed by atoms with Crippen LogP contribution in [0.25, 0.3) is 0 Å². The lowest BCUT2D eigenvalue weighted by Gasteiger charge is -2.25. The van der Waals surface area contributed by atoms with Crippen LogP contribution < -0.4 is 5.32 Å². The number of benzene rings is 3. The maximum atomic E-state index is 12.3. The number of carbonyl (C=O) groups is 2. The highest BCUT2D eigenvalue weighted by atomic mass is 35.5. The van der Waals surface area contributed by atoms with Gasteiger partial charge in [0.1, 0.15) is 0 Å². The molecule has 1 fully saturated rings. The van der Waals surface area contributed by atoms with Crippen molar-refractivity contribution in [2.24, 2.45) is 0 Å². The number of hydrogen-bond donors (Lipinski definition) is 2. The Morgan fingerprint density at radius 2 is 1.63 bits per heavy atom. The summed E-state index contributed by atoms with van der Waals surface area (Å²) in [6.07, 6.45) is 0.863. The van der Waals surface area contributed by atoms with E-state index in [2.05, 4.69) is 41.4 Å². The summed E-state index contributed by atoms with van der Waals surface area (Å²) in [5.41, 5.74) is 5.28. The Bertz CT molecular complexity index is 1180. The van der Waals surface area contributed by atoms with Crippen molar-refractivity contribution < 1.29 is 14.7 Å². The van der Waals surface area contributed by atoms with E-state index in [-0.39, 0.29) is 24.9 Å². The minimum Gasteiger partial charge on any atom is -0.481 e. The highest BCUT2D eigenvalue weighted by Crippen LogP contribution is 2.42. The molecule has 35 heavy (non-hydrogen) atoms. The average molecular weight is 511 g/mol. The molecule has 5 nitrogen and oxygen atoms in total. The third-order valence-corrected chi connectivity index (χ3v) is 6.88. The number of hydrogen-bond acceptors (Lipinski definition) is 3. The molecule has 1 saturated heterocycles. The van der Waals surface area contributed by atoms with E-state index in [0.717, 1.165) is 30.6 Å². The molecule has 0 radical (unpaired) electrons. The summed E-state index contributed by atoms with van der Waals surface area (Å²) in [5.74, 6) is -0.904. The van der Waals surface area contributed by atoms with E-state index >= 15 is 0 Å². The number of rotatable bonds is 8. The highest BCUT2D eigenvalue weighted by Gasteiger charge is 2.34. The first-order valence-electron chi connectivity index (χ1n) is 11.6. The molecule has 0 unspecified atom stereocenters. The Hall–Kier alpha value is -2.86. The first-order chi connectivity index (χ1) is 16.8. The second-order valence-corrected chi connectivity index (χ2v) is 9.96. The molecular weight excluding hydrogens is 483 g/mol. The fraction of sp³-hybridized carbons (Fsp3) is 0.286. The van der Waals surface area contributed by atoms with Crippen LogP contribution >= 0.6 is 23.2 Å². The quantitative estimate of drug-likeness (QED) is 0.376. The zero-order valence-corrected chi connectivity index (χ0v) is 21.0. The monoisotopic (exact) mass is 510 g/mol. The molecule has 182 valence electrons. The number of nitrogens with one attached hydrogen (secondary N) is 1.